The molecule has 1 unspecified atom stereocenters. The average molecular weight is 260 g/mol. The first kappa shape index (κ1) is 13.6. The van der Waals surface area contributed by atoms with Crippen molar-refractivity contribution in [2.24, 2.45) is 5.41 Å². The lowest BCUT2D eigenvalue weighted by Crippen LogP contribution is -2.13. The number of aromatic nitrogens is 2. The molecular weight excluding hydrogens is 240 g/mol. The van der Waals surface area contributed by atoms with Gasteiger partial charge in [0.05, 0.1) is 17.6 Å². The monoisotopic (exact) mass is 260 g/mol. The van der Waals surface area contributed by atoms with Gasteiger partial charge in [-0.3, -0.25) is 9.89 Å². The van der Waals surface area contributed by atoms with Crippen molar-refractivity contribution in [1.82, 2.24) is 15.5 Å². The Labute approximate surface area is 113 Å². The summed E-state index contributed by atoms with van der Waals surface area (Å²) in [7, 11) is 0. The highest BCUT2D eigenvalue weighted by molar-refractivity contribution is 6.04. The number of carbonyl (C=O) groups excluding carboxylic acids is 1. The third-order valence-corrected chi connectivity index (χ3v) is 2.94. The van der Waals surface area contributed by atoms with E-state index in [0.717, 1.165) is 30.9 Å². The van der Waals surface area contributed by atoms with Gasteiger partial charge in [-0.1, -0.05) is 5.92 Å². The van der Waals surface area contributed by atoms with E-state index in [2.05, 4.69) is 32.7 Å². The van der Waals surface area contributed by atoms with Crippen LogP contribution in [0.1, 0.15) is 38.8 Å². The quantitative estimate of drug-likeness (QED) is 0.705. The molecule has 2 rings (SSSR count). The number of H-pyrrole nitrogens is 1. The van der Waals surface area contributed by atoms with E-state index in [4.69, 9.17) is 0 Å². The number of carbonyl (C=O) groups is 1. The molecule has 2 heterocycles. The summed E-state index contributed by atoms with van der Waals surface area (Å²) in [6.07, 6.45) is 2.70. The number of hydrogen-bond donors (Lipinski definition) is 3. The molecule has 0 radical (unpaired) electrons. The van der Waals surface area contributed by atoms with Crippen LogP contribution in [0.25, 0.3) is 0 Å². The van der Waals surface area contributed by atoms with E-state index in [1.165, 1.54) is 0 Å². The Morgan fingerprint density at radius 2 is 2.32 bits per heavy atom. The van der Waals surface area contributed by atoms with E-state index < -0.39 is 0 Å². The van der Waals surface area contributed by atoms with Crippen molar-refractivity contribution >= 4 is 11.6 Å². The highest BCUT2D eigenvalue weighted by atomic mass is 16.1. The minimum absolute atomic E-state index is 0.175. The van der Waals surface area contributed by atoms with Crippen molar-refractivity contribution in [3.8, 4) is 11.8 Å². The molecule has 3 N–H and O–H groups in total. The number of amides is 1. The van der Waals surface area contributed by atoms with Crippen molar-refractivity contribution < 1.29 is 4.79 Å². The second-order valence-corrected chi connectivity index (χ2v) is 5.84. The molecule has 1 fully saturated rings. The molecule has 0 spiro atoms. The van der Waals surface area contributed by atoms with Crippen molar-refractivity contribution in [1.29, 1.82) is 0 Å². The van der Waals surface area contributed by atoms with Gasteiger partial charge in [-0.15, -0.1) is 0 Å². The lowest BCUT2D eigenvalue weighted by atomic mass is 9.98. The molecule has 1 amide bonds. The standard InChI is InChI=1S/C14H20N4O/c1-14(2,3)6-4-12(19)17-11-9-16-18-13(11)10-5-7-15-8-10/h9-10,15H,5,7-8H2,1-3H3,(H,16,18)(H,17,19). The molecule has 0 aromatic carbocycles. The van der Waals surface area contributed by atoms with Crippen LogP contribution in [0.4, 0.5) is 5.69 Å². The molecule has 0 aliphatic carbocycles. The summed E-state index contributed by atoms with van der Waals surface area (Å²) >= 11 is 0. The maximum absolute atomic E-state index is 11.8. The zero-order chi connectivity index (χ0) is 13.9. The van der Waals surface area contributed by atoms with Crippen LogP contribution >= 0.6 is 0 Å². The second-order valence-electron chi connectivity index (χ2n) is 5.84. The van der Waals surface area contributed by atoms with Gasteiger partial charge in [0.2, 0.25) is 0 Å². The average Bonchev–Trinajstić information content (AvgIpc) is 2.94. The van der Waals surface area contributed by atoms with Gasteiger partial charge in [-0.2, -0.15) is 5.10 Å². The highest BCUT2D eigenvalue weighted by Gasteiger charge is 2.21. The molecule has 19 heavy (non-hydrogen) atoms. The number of anilines is 1. The van der Waals surface area contributed by atoms with E-state index in [9.17, 15) is 4.79 Å². The van der Waals surface area contributed by atoms with Crippen molar-refractivity contribution in [2.75, 3.05) is 18.4 Å². The van der Waals surface area contributed by atoms with Gasteiger partial charge in [-0.25, -0.2) is 0 Å². The van der Waals surface area contributed by atoms with E-state index in [1.54, 1.807) is 6.20 Å². The predicted octanol–water partition coefficient (Wildman–Crippen LogP) is 1.47. The Kier molecular flexibility index (Phi) is 3.91. The normalized spacial score (nSPS) is 18.8. The summed E-state index contributed by atoms with van der Waals surface area (Å²) in [5.74, 6) is 5.63. The summed E-state index contributed by atoms with van der Waals surface area (Å²) in [4.78, 5) is 11.8. The first-order chi connectivity index (χ1) is 8.96. The first-order valence-corrected chi connectivity index (χ1v) is 6.54. The lowest BCUT2D eigenvalue weighted by molar-refractivity contribution is -0.111. The van der Waals surface area contributed by atoms with Crippen LogP contribution in [0.2, 0.25) is 0 Å². The summed E-state index contributed by atoms with van der Waals surface area (Å²) in [6, 6.07) is 0. The van der Waals surface area contributed by atoms with Gasteiger partial charge >= 0.3 is 0 Å². The smallest absolute Gasteiger partial charge is 0.300 e. The highest BCUT2D eigenvalue weighted by Crippen LogP contribution is 2.26. The van der Waals surface area contributed by atoms with Gasteiger partial charge in [0.15, 0.2) is 0 Å². The predicted molar refractivity (Wildman–Crippen MR) is 74.7 cm³/mol. The van der Waals surface area contributed by atoms with Crippen LogP contribution in [0.5, 0.6) is 0 Å². The Morgan fingerprint density at radius 3 is 2.95 bits per heavy atom. The summed E-state index contributed by atoms with van der Waals surface area (Å²) in [5, 5.41) is 13.1. The molecule has 102 valence electrons. The zero-order valence-corrected chi connectivity index (χ0v) is 11.6. The van der Waals surface area contributed by atoms with Crippen molar-refractivity contribution in [2.45, 2.75) is 33.1 Å². The number of nitrogens with zero attached hydrogens (tertiary/aromatic N) is 1. The Balaban J connectivity index is 2.05. The van der Waals surface area contributed by atoms with Crippen LogP contribution in [0.15, 0.2) is 6.20 Å². The summed E-state index contributed by atoms with van der Waals surface area (Å²) in [5.41, 5.74) is 1.55. The third kappa shape index (κ3) is 3.83. The van der Waals surface area contributed by atoms with Crippen LogP contribution in [0, 0.1) is 17.3 Å². The topological polar surface area (TPSA) is 69.8 Å². The van der Waals surface area contributed by atoms with Crippen LogP contribution < -0.4 is 10.6 Å². The van der Waals surface area contributed by atoms with Crippen molar-refractivity contribution in [3.05, 3.63) is 11.9 Å². The molecule has 1 aromatic rings. The molecular formula is C14H20N4O. The molecule has 0 saturated carbocycles. The Hall–Kier alpha value is -1.80. The molecule has 5 nitrogen and oxygen atoms in total. The second kappa shape index (κ2) is 5.45. The van der Waals surface area contributed by atoms with Gasteiger partial charge in [-0.05, 0) is 39.7 Å². The fourth-order valence-corrected chi connectivity index (χ4v) is 2.01. The molecule has 1 aromatic heterocycles. The van der Waals surface area contributed by atoms with Crippen LogP contribution in [-0.2, 0) is 4.79 Å². The van der Waals surface area contributed by atoms with E-state index >= 15 is 0 Å². The fraction of sp³-hybridized carbons (Fsp3) is 0.571. The fourth-order valence-electron chi connectivity index (χ4n) is 2.01. The Morgan fingerprint density at radius 1 is 1.53 bits per heavy atom. The van der Waals surface area contributed by atoms with Crippen LogP contribution in [-0.4, -0.2) is 29.2 Å². The number of rotatable bonds is 2. The number of nitrogens with one attached hydrogen (secondary N) is 3. The first-order valence-electron chi connectivity index (χ1n) is 6.54. The molecule has 1 saturated heterocycles. The maximum atomic E-state index is 11.8. The largest absolute Gasteiger partial charge is 0.316 e. The minimum atomic E-state index is -0.288. The zero-order valence-electron chi connectivity index (χ0n) is 11.6. The molecule has 1 aliphatic rings. The van der Waals surface area contributed by atoms with E-state index in [1.807, 2.05) is 20.8 Å². The van der Waals surface area contributed by atoms with E-state index in [0.29, 0.717) is 5.92 Å². The lowest BCUT2D eigenvalue weighted by Gasteiger charge is -2.09. The summed E-state index contributed by atoms with van der Waals surface area (Å²) in [6.45, 7) is 7.84. The Bertz CT molecular complexity index is 510. The number of aromatic amines is 1. The molecule has 1 atom stereocenters. The summed E-state index contributed by atoms with van der Waals surface area (Å²) < 4.78 is 0. The van der Waals surface area contributed by atoms with Crippen LogP contribution in [0.3, 0.4) is 0 Å². The SMILES string of the molecule is CC(C)(C)C#CC(=O)Nc1cn[nH]c1C1CCNC1. The molecule has 1 aliphatic heterocycles. The van der Waals surface area contributed by atoms with Crippen molar-refractivity contribution in [3.63, 3.8) is 0 Å². The maximum Gasteiger partial charge on any atom is 0.300 e. The van der Waals surface area contributed by atoms with Gasteiger partial charge in [0.25, 0.3) is 5.91 Å². The minimum Gasteiger partial charge on any atom is -0.316 e. The third-order valence-electron chi connectivity index (χ3n) is 2.94. The number of hydrogen-bond acceptors (Lipinski definition) is 3. The van der Waals surface area contributed by atoms with Gasteiger partial charge < -0.3 is 10.6 Å². The van der Waals surface area contributed by atoms with Gasteiger partial charge in [0.1, 0.15) is 0 Å². The molecule has 0 bridgehead atoms. The van der Waals surface area contributed by atoms with Gasteiger partial charge in [0, 0.05) is 17.9 Å². The molecule has 5 heteroatoms. The van der Waals surface area contributed by atoms with E-state index in [-0.39, 0.29) is 11.3 Å².